The Balaban J connectivity index is 2.17. The molecule has 1 aliphatic carbocycles. The van der Waals surface area contributed by atoms with Gasteiger partial charge in [-0.2, -0.15) is 0 Å². The number of rotatable bonds is 7. The van der Waals surface area contributed by atoms with Gasteiger partial charge in [0.15, 0.2) is 0 Å². The van der Waals surface area contributed by atoms with Crippen molar-refractivity contribution in [2.75, 3.05) is 13.1 Å². The van der Waals surface area contributed by atoms with Gasteiger partial charge in [-0.25, -0.2) is 4.98 Å². The van der Waals surface area contributed by atoms with Gasteiger partial charge in [0, 0.05) is 36.9 Å². The van der Waals surface area contributed by atoms with Crippen molar-refractivity contribution in [1.29, 1.82) is 0 Å². The van der Waals surface area contributed by atoms with Crippen LogP contribution in [0.2, 0.25) is 0 Å². The predicted octanol–water partition coefficient (Wildman–Crippen LogP) is 2.43. The van der Waals surface area contributed by atoms with E-state index < -0.39 is 0 Å². The summed E-state index contributed by atoms with van der Waals surface area (Å²) in [6.45, 7) is 9.82. The Labute approximate surface area is 123 Å². The average Bonchev–Trinajstić information content (AvgIpc) is 3.09. The van der Waals surface area contributed by atoms with Gasteiger partial charge in [-0.1, -0.05) is 26.7 Å². The van der Waals surface area contributed by atoms with Crippen molar-refractivity contribution in [2.24, 2.45) is 5.73 Å². The van der Waals surface area contributed by atoms with Crippen LogP contribution in [0.4, 0.5) is 0 Å². The summed E-state index contributed by atoms with van der Waals surface area (Å²) in [5.74, 6) is 1.14. The second-order valence-corrected chi connectivity index (χ2v) is 5.92. The van der Waals surface area contributed by atoms with Crippen molar-refractivity contribution in [3.05, 3.63) is 18.2 Å². The molecule has 4 heteroatoms. The monoisotopic (exact) mass is 278 g/mol. The molecule has 0 amide bonds. The van der Waals surface area contributed by atoms with Crippen molar-refractivity contribution in [3.63, 3.8) is 0 Å². The molecule has 0 aromatic carbocycles. The molecular formula is C16H30N4. The van der Waals surface area contributed by atoms with E-state index in [2.05, 4.69) is 41.4 Å². The Bertz CT molecular complexity index is 402. The summed E-state index contributed by atoms with van der Waals surface area (Å²) in [5, 5.41) is 0. The Hall–Kier alpha value is -0.870. The first-order chi connectivity index (χ1) is 9.67. The minimum absolute atomic E-state index is 0.178. The van der Waals surface area contributed by atoms with Crippen LogP contribution >= 0.6 is 0 Å². The molecule has 20 heavy (non-hydrogen) atoms. The summed E-state index contributed by atoms with van der Waals surface area (Å²) in [7, 11) is 0. The van der Waals surface area contributed by atoms with Crippen LogP contribution in [0.5, 0.6) is 0 Å². The zero-order valence-electron chi connectivity index (χ0n) is 13.3. The largest absolute Gasteiger partial charge is 0.335 e. The normalized spacial score (nSPS) is 19.6. The fraction of sp³-hybridized carbons (Fsp3) is 0.812. The summed E-state index contributed by atoms with van der Waals surface area (Å²) in [4.78, 5) is 7.09. The fourth-order valence-electron chi connectivity index (χ4n) is 3.97. The highest BCUT2D eigenvalue weighted by atomic mass is 15.2. The Morgan fingerprint density at radius 2 is 1.95 bits per heavy atom. The molecule has 1 fully saturated rings. The lowest BCUT2D eigenvalue weighted by molar-refractivity contribution is 0.0762. The molecule has 1 aliphatic rings. The first kappa shape index (κ1) is 15.5. The molecule has 2 rings (SSSR count). The van der Waals surface area contributed by atoms with Crippen LogP contribution in [0.25, 0.3) is 0 Å². The van der Waals surface area contributed by atoms with Crippen LogP contribution < -0.4 is 5.73 Å². The van der Waals surface area contributed by atoms with E-state index in [9.17, 15) is 0 Å². The van der Waals surface area contributed by atoms with E-state index in [0.717, 1.165) is 31.9 Å². The third-order valence-corrected chi connectivity index (χ3v) is 5.10. The van der Waals surface area contributed by atoms with Crippen molar-refractivity contribution in [2.45, 2.75) is 71.0 Å². The van der Waals surface area contributed by atoms with Crippen LogP contribution in [0, 0.1) is 0 Å². The average molecular weight is 278 g/mol. The lowest BCUT2D eigenvalue weighted by atomic mass is 9.84. The number of hydrogen-bond acceptors (Lipinski definition) is 3. The molecule has 0 bridgehead atoms. The van der Waals surface area contributed by atoms with Crippen LogP contribution in [0.1, 0.15) is 52.3 Å². The van der Waals surface area contributed by atoms with Gasteiger partial charge < -0.3 is 10.3 Å². The maximum Gasteiger partial charge on any atom is 0.110 e. The summed E-state index contributed by atoms with van der Waals surface area (Å²) >= 11 is 0. The second-order valence-electron chi connectivity index (χ2n) is 5.92. The Morgan fingerprint density at radius 3 is 2.50 bits per heavy atom. The van der Waals surface area contributed by atoms with E-state index in [1.807, 2.05) is 6.20 Å². The predicted molar refractivity (Wildman–Crippen MR) is 83.7 cm³/mol. The molecule has 1 atom stereocenters. The minimum Gasteiger partial charge on any atom is -0.335 e. The Kier molecular flexibility index (Phi) is 5.22. The van der Waals surface area contributed by atoms with E-state index in [1.54, 1.807) is 0 Å². The van der Waals surface area contributed by atoms with Gasteiger partial charge in [0.2, 0.25) is 0 Å². The van der Waals surface area contributed by atoms with Gasteiger partial charge in [-0.15, -0.1) is 0 Å². The third kappa shape index (κ3) is 2.77. The third-order valence-electron chi connectivity index (χ3n) is 5.10. The van der Waals surface area contributed by atoms with Gasteiger partial charge >= 0.3 is 0 Å². The van der Waals surface area contributed by atoms with Crippen molar-refractivity contribution >= 4 is 0 Å². The van der Waals surface area contributed by atoms with Crippen LogP contribution in [0.3, 0.4) is 0 Å². The highest BCUT2D eigenvalue weighted by molar-refractivity contribution is 5.07. The smallest absolute Gasteiger partial charge is 0.110 e. The summed E-state index contributed by atoms with van der Waals surface area (Å²) < 4.78 is 2.21. The van der Waals surface area contributed by atoms with Crippen LogP contribution in [0.15, 0.2) is 12.4 Å². The lowest BCUT2D eigenvalue weighted by Crippen LogP contribution is -2.59. The molecule has 1 saturated carbocycles. The van der Waals surface area contributed by atoms with Crippen molar-refractivity contribution in [1.82, 2.24) is 14.5 Å². The molecule has 1 aromatic rings. The highest BCUT2D eigenvalue weighted by Gasteiger charge is 2.43. The lowest BCUT2D eigenvalue weighted by Gasteiger charge is -2.44. The standard InChI is InChI=1S/C16H30N4/c1-4-19-12-11-18-15(19)13-14(17)16(9-7-8-10-16)20(5-2)6-3/h11-12,14H,4-10,13,17H2,1-3H3. The van der Waals surface area contributed by atoms with Gasteiger partial charge in [0.1, 0.15) is 5.82 Å². The quantitative estimate of drug-likeness (QED) is 0.833. The molecule has 0 saturated heterocycles. The van der Waals surface area contributed by atoms with Gasteiger partial charge in [0.05, 0.1) is 0 Å². The van der Waals surface area contributed by atoms with Gasteiger partial charge in [0.25, 0.3) is 0 Å². The molecule has 4 nitrogen and oxygen atoms in total. The molecule has 0 aliphatic heterocycles. The number of imidazole rings is 1. The Morgan fingerprint density at radius 1 is 1.30 bits per heavy atom. The topological polar surface area (TPSA) is 47.1 Å². The molecule has 1 unspecified atom stereocenters. The molecule has 0 spiro atoms. The van der Waals surface area contributed by atoms with Gasteiger partial charge in [-0.05, 0) is 32.9 Å². The molecular weight excluding hydrogens is 248 g/mol. The second kappa shape index (κ2) is 6.72. The number of hydrogen-bond donors (Lipinski definition) is 1. The number of aromatic nitrogens is 2. The first-order valence-corrected chi connectivity index (χ1v) is 8.18. The molecule has 114 valence electrons. The van der Waals surface area contributed by atoms with Crippen LogP contribution in [-0.2, 0) is 13.0 Å². The van der Waals surface area contributed by atoms with E-state index in [1.165, 1.54) is 25.7 Å². The van der Waals surface area contributed by atoms with E-state index >= 15 is 0 Å². The van der Waals surface area contributed by atoms with Crippen molar-refractivity contribution in [3.8, 4) is 0 Å². The minimum atomic E-state index is 0.178. The zero-order valence-corrected chi connectivity index (χ0v) is 13.3. The molecule has 2 N–H and O–H groups in total. The number of nitrogens with zero attached hydrogens (tertiary/aromatic N) is 3. The van der Waals surface area contributed by atoms with E-state index in [0.29, 0.717) is 0 Å². The summed E-state index contributed by atoms with van der Waals surface area (Å²) in [6, 6.07) is 0.178. The van der Waals surface area contributed by atoms with Crippen molar-refractivity contribution < 1.29 is 0 Å². The maximum atomic E-state index is 6.69. The number of likely N-dealkylation sites (N-methyl/N-ethyl adjacent to an activating group) is 1. The molecule has 1 heterocycles. The molecule has 0 radical (unpaired) electrons. The van der Waals surface area contributed by atoms with E-state index in [-0.39, 0.29) is 11.6 Å². The molecule has 1 aromatic heterocycles. The van der Waals surface area contributed by atoms with E-state index in [4.69, 9.17) is 5.73 Å². The number of aryl methyl sites for hydroxylation is 1. The SMILES string of the molecule is CCN(CC)C1(C(N)Cc2nccn2CC)CCCC1. The zero-order chi connectivity index (χ0) is 14.6. The summed E-state index contributed by atoms with van der Waals surface area (Å²) in [5.41, 5.74) is 6.87. The summed E-state index contributed by atoms with van der Waals surface area (Å²) in [6.07, 6.45) is 9.94. The maximum absolute atomic E-state index is 6.69. The number of nitrogens with two attached hydrogens (primary N) is 1. The fourth-order valence-corrected chi connectivity index (χ4v) is 3.97. The first-order valence-electron chi connectivity index (χ1n) is 8.18. The van der Waals surface area contributed by atoms with Crippen LogP contribution in [-0.4, -0.2) is 39.1 Å². The highest BCUT2D eigenvalue weighted by Crippen LogP contribution is 2.38. The van der Waals surface area contributed by atoms with Gasteiger partial charge in [-0.3, -0.25) is 4.90 Å².